The van der Waals surface area contributed by atoms with Crippen molar-refractivity contribution in [3.05, 3.63) is 33.8 Å². The number of amides is 1. The standard InChI is InChI=1S/C12H15Cl2NO3/c1-2-4-9(16)11(18-12(15)17)10-7(13)5-3-6-8(10)14/h3,5-6,9,11,16H,2,4H2,1H3,(H2,15,17). The molecule has 0 radical (unpaired) electrons. The van der Waals surface area contributed by atoms with E-state index in [-0.39, 0.29) is 0 Å². The minimum absolute atomic E-state index is 0.323. The van der Waals surface area contributed by atoms with E-state index in [1.54, 1.807) is 18.2 Å². The summed E-state index contributed by atoms with van der Waals surface area (Å²) in [5.41, 5.74) is 5.38. The number of hydrogen-bond donors (Lipinski definition) is 2. The van der Waals surface area contributed by atoms with Crippen LogP contribution < -0.4 is 5.73 Å². The molecule has 6 heteroatoms. The molecule has 1 amide bonds. The van der Waals surface area contributed by atoms with Crippen LogP contribution in [0.25, 0.3) is 0 Å². The van der Waals surface area contributed by atoms with Gasteiger partial charge in [0.05, 0.1) is 6.10 Å². The topological polar surface area (TPSA) is 72.6 Å². The Morgan fingerprint density at radius 1 is 1.44 bits per heavy atom. The molecule has 0 aliphatic rings. The summed E-state index contributed by atoms with van der Waals surface area (Å²) in [6, 6.07) is 4.89. The fraction of sp³-hybridized carbons (Fsp3) is 0.417. The second-order valence-corrected chi connectivity index (χ2v) is 4.66. The van der Waals surface area contributed by atoms with Crippen molar-refractivity contribution in [3.63, 3.8) is 0 Å². The Morgan fingerprint density at radius 3 is 2.44 bits per heavy atom. The van der Waals surface area contributed by atoms with Crippen LogP contribution in [0.15, 0.2) is 18.2 Å². The Morgan fingerprint density at radius 2 is 2.00 bits per heavy atom. The van der Waals surface area contributed by atoms with Gasteiger partial charge in [-0.1, -0.05) is 42.6 Å². The normalized spacial score (nSPS) is 14.0. The van der Waals surface area contributed by atoms with Crippen molar-refractivity contribution in [2.45, 2.75) is 32.0 Å². The summed E-state index contributed by atoms with van der Waals surface area (Å²) in [6.45, 7) is 1.90. The fourth-order valence-electron chi connectivity index (χ4n) is 1.68. The van der Waals surface area contributed by atoms with Gasteiger partial charge >= 0.3 is 6.09 Å². The van der Waals surface area contributed by atoms with Gasteiger partial charge in [-0.25, -0.2) is 4.79 Å². The largest absolute Gasteiger partial charge is 0.439 e. The Kier molecular flexibility index (Phi) is 5.72. The lowest BCUT2D eigenvalue weighted by Crippen LogP contribution is -2.27. The van der Waals surface area contributed by atoms with E-state index >= 15 is 0 Å². The highest BCUT2D eigenvalue weighted by molar-refractivity contribution is 6.36. The van der Waals surface area contributed by atoms with Crippen molar-refractivity contribution in [3.8, 4) is 0 Å². The fourth-order valence-corrected chi connectivity index (χ4v) is 2.30. The van der Waals surface area contributed by atoms with Crippen LogP contribution in [0.1, 0.15) is 31.4 Å². The molecule has 0 aliphatic heterocycles. The van der Waals surface area contributed by atoms with Gasteiger partial charge in [0, 0.05) is 15.6 Å². The Balaban J connectivity index is 3.12. The minimum Gasteiger partial charge on any atom is -0.439 e. The molecule has 1 aromatic carbocycles. The van der Waals surface area contributed by atoms with E-state index in [0.29, 0.717) is 22.0 Å². The number of primary amides is 1. The molecular formula is C12H15Cl2NO3. The Labute approximate surface area is 116 Å². The molecule has 0 aromatic heterocycles. The van der Waals surface area contributed by atoms with Crippen molar-refractivity contribution < 1.29 is 14.6 Å². The van der Waals surface area contributed by atoms with E-state index < -0.39 is 18.3 Å². The summed E-state index contributed by atoms with van der Waals surface area (Å²) in [4.78, 5) is 10.9. The molecule has 0 spiro atoms. The van der Waals surface area contributed by atoms with Gasteiger partial charge in [0.1, 0.15) is 0 Å². The SMILES string of the molecule is CCCC(O)C(OC(N)=O)c1c(Cl)cccc1Cl. The zero-order valence-corrected chi connectivity index (χ0v) is 11.4. The van der Waals surface area contributed by atoms with Gasteiger partial charge in [0.15, 0.2) is 6.10 Å². The van der Waals surface area contributed by atoms with Crippen LogP contribution in [0.3, 0.4) is 0 Å². The van der Waals surface area contributed by atoms with Gasteiger partial charge in [-0.3, -0.25) is 0 Å². The third-order valence-electron chi connectivity index (χ3n) is 2.46. The molecule has 2 unspecified atom stereocenters. The van der Waals surface area contributed by atoms with Crippen LogP contribution in [0.4, 0.5) is 4.79 Å². The second-order valence-electron chi connectivity index (χ2n) is 3.85. The van der Waals surface area contributed by atoms with Crippen LogP contribution >= 0.6 is 23.2 Å². The lowest BCUT2D eigenvalue weighted by atomic mass is 10.0. The van der Waals surface area contributed by atoms with Crippen LogP contribution in [0, 0.1) is 0 Å². The minimum atomic E-state index is -0.980. The summed E-state index contributed by atoms with van der Waals surface area (Å²) in [5.74, 6) is 0. The van der Waals surface area contributed by atoms with Crippen molar-refractivity contribution in [1.29, 1.82) is 0 Å². The van der Waals surface area contributed by atoms with Crippen LogP contribution in [0.5, 0.6) is 0 Å². The number of hydrogen-bond acceptors (Lipinski definition) is 3. The molecule has 1 rings (SSSR count). The number of aliphatic hydroxyl groups is 1. The molecule has 0 saturated carbocycles. The first kappa shape index (κ1) is 15.1. The summed E-state index contributed by atoms with van der Waals surface area (Å²) in [7, 11) is 0. The second kappa shape index (κ2) is 6.83. The van der Waals surface area contributed by atoms with E-state index in [2.05, 4.69) is 0 Å². The first-order chi connectivity index (χ1) is 8.47. The monoisotopic (exact) mass is 291 g/mol. The molecule has 0 aliphatic carbocycles. The first-order valence-electron chi connectivity index (χ1n) is 5.55. The third-order valence-corrected chi connectivity index (χ3v) is 3.12. The Hall–Kier alpha value is -0.970. The third kappa shape index (κ3) is 3.77. The quantitative estimate of drug-likeness (QED) is 0.874. The molecule has 18 heavy (non-hydrogen) atoms. The highest BCUT2D eigenvalue weighted by Gasteiger charge is 2.28. The van der Waals surface area contributed by atoms with E-state index in [0.717, 1.165) is 6.42 Å². The summed E-state index contributed by atoms with van der Waals surface area (Å²) < 4.78 is 4.93. The molecular weight excluding hydrogens is 277 g/mol. The van der Waals surface area contributed by atoms with Crippen molar-refractivity contribution in [2.24, 2.45) is 5.73 Å². The smallest absolute Gasteiger partial charge is 0.405 e. The maximum atomic E-state index is 10.9. The van der Waals surface area contributed by atoms with Crippen LogP contribution in [0.2, 0.25) is 10.0 Å². The first-order valence-corrected chi connectivity index (χ1v) is 6.31. The lowest BCUT2D eigenvalue weighted by molar-refractivity contribution is 0.000688. The molecule has 0 heterocycles. The number of nitrogens with two attached hydrogens (primary N) is 1. The molecule has 3 N–H and O–H groups in total. The van der Waals surface area contributed by atoms with E-state index in [9.17, 15) is 9.90 Å². The number of benzene rings is 1. The predicted octanol–water partition coefficient (Wildman–Crippen LogP) is 3.29. The molecule has 4 nitrogen and oxygen atoms in total. The summed E-state index contributed by atoms with van der Waals surface area (Å²) in [6.07, 6.45) is -1.67. The average molecular weight is 292 g/mol. The molecule has 2 atom stereocenters. The van der Waals surface area contributed by atoms with Crippen molar-refractivity contribution in [1.82, 2.24) is 0 Å². The molecule has 0 saturated heterocycles. The summed E-state index contributed by atoms with van der Waals surface area (Å²) in [5, 5.41) is 10.7. The van der Waals surface area contributed by atoms with Gasteiger partial charge in [-0.2, -0.15) is 0 Å². The molecule has 1 aromatic rings. The zero-order valence-electron chi connectivity index (χ0n) is 9.90. The highest BCUT2D eigenvalue weighted by Crippen LogP contribution is 2.35. The number of halogens is 2. The zero-order chi connectivity index (χ0) is 13.7. The molecule has 0 bridgehead atoms. The maximum Gasteiger partial charge on any atom is 0.405 e. The number of ether oxygens (including phenoxy) is 1. The number of carbonyl (C=O) groups is 1. The maximum absolute atomic E-state index is 10.9. The molecule has 0 fully saturated rings. The van der Waals surface area contributed by atoms with E-state index in [1.807, 2.05) is 6.92 Å². The van der Waals surface area contributed by atoms with Crippen LogP contribution in [-0.4, -0.2) is 17.3 Å². The number of rotatable bonds is 5. The van der Waals surface area contributed by atoms with Gasteiger partial charge in [-0.15, -0.1) is 0 Å². The van der Waals surface area contributed by atoms with Crippen molar-refractivity contribution in [2.75, 3.05) is 0 Å². The van der Waals surface area contributed by atoms with Gasteiger partial charge in [0.2, 0.25) is 0 Å². The summed E-state index contributed by atoms with van der Waals surface area (Å²) >= 11 is 12.0. The van der Waals surface area contributed by atoms with E-state index in [4.69, 9.17) is 33.7 Å². The van der Waals surface area contributed by atoms with Gasteiger partial charge in [0.25, 0.3) is 0 Å². The van der Waals surface area contributed by atoms with Gasteiger partial charge in [-0.05, 0) is 18.6 Å². The predicted molar refractivity (Wildman–Crippen MR) is 70.8 cm³/mol. The highest BCUT2D eigenvalue weighted by atomic mass is 35.5. The van der Waals surface area contributed by atoms with E-state index in [1.165, 1.54) is 0 Å². The number of carbonyl (C=O) groups excluding carboxylic acids is 1. The van der Waals surface area contributed by atoms with Crippen molar-refractivity contribution >= 4 is 29.3 Å². The van der Waals surface area contributed by atoms with Gasteiger partial charge < -0.3 is 15.6 Å². The Bertz CT molecular complexity index is 406. The average Bonchev–Trinajstić information content (AvgIpc) is 2.27. The number of aliphatic hydroxyl groups excluding tert-OH is 1. The molecule has 100 valence electrons. The lowest BCUT2D eigenvalue weighted by Gasteiger charge is -2.24. The van der Waals surface area contributed by atoms with Crippen LogP contribution in [-0.2, 0) is 4.74 Å².